The summed E-state index contributed by atoms with van der Waals surface area (Å²) in [6.07, 6.45) is -0.421. The normalized spacial score (nSPS) is 18.4. The molecule has 1 atom stereocenters. The Kier molecular flexibility index (Phi) is 4.20. The molecule has 1 aliphatic rings. The lowest BCUT2D eigenvalue weighted by Gasteiger charge is -2.33. The second-order valence-electron chi connectivity index (χ2n) is 4.70. The van der Waals surface area contributed by atoms with Gasteiger partial charge in [0.2, 0.25) is 0 Å². The molecule has 1 saturated heterocycles. The molecular formula is C14H20N2O2. The van der Waals surface area contributed by atoms with Crippen molar-refractivity contribution in [2.75, 3.05) is 33.2 Å². The molecule has 0 bridgehead atoms. The zero-order chi connectivity index (χ0) is 13.0. The van der Waals surface area contributed by atoms with Gasteiger partial charge in [0, 0.05) is 26.2 Å². The smallest absolute Gasteiger partial charge is 0.263 e. The Balaban J connectivity index is 1.89. The Morgan fingerprint density at radius 1 is 1.17 bits per heavy atom. The van der Waals surface area contributed by atoms with E-state index in [0.29, 0.717) is 0 Å². The quantitative estimate of drug-likeness (QED) is 0.806. The third-order valence-corrected chi connectivity index (χ3v) is 3.22. The van der Waals surface area contributed by atoms with Crippen LogP contribution in [0.1, 0.15) is 6.92 Å². The Bertz CT molecular complexity index is 386. The Hall–Kier alpha value is -1.55. The number of rotatable bonds is 3. The molecule has 2 rings (SSSR count). The van der Waals surface area contributed by atoms with E-state index in [4.69, 9.17) is 4.74 Å². The van der Waals surface area contributed by atoms with Crippen LogP contribution in [-0.2, 0) is 4.79 Å². The third kappa shape index (κ3) is 3.23. The van der Waals surface area contributed by atoms with Crippen molar-refractivity contribution in [2.24, 2.45) is 0 Å². The standard InChI is InChI=1S/C14H20N2O2/c1-12(18-13-6-4-3-5-7-13)14(17)16-10-8-15(2)9-11-16/h3-7,12H,8-11H2,1-2H3/t12-/m0/s1. The molecule has 0 aliphatic carbocycles. The van der Waals surface area contributed by atoms with Crippen LogP contribution < -0.4 is 4.74 Å². The van der Waals surface area contributed by atoms with Gasteiger partial charge < -0.3 is 14.5 Å². The molecule has 1 aliphatic heterocycles. The fourth-order valence-corrected chi connectivity index (χ4v) is 2.04. The van der Waals surface area contributed by atoms with Gasteiger partial charge >= 0.3 is 0 Å². The summed E-state index contributed by atoms with van der Waals surface area (Å²) in [6, 6.07) is 9.48. The van der Waals surface area contributed by atoms with E-state index in [1.165, 1.54) is 0 Å². The SMILES string of the molecule is C[C@H](Oc1ccccc1)C(=O)N1CCN(C)CC1. The molecular weight excluding hydrogens is 228 g/mol. The van der Waals surface area contributed by atoms with Gasteiger partial charge in [0.1, 0.15) is 5.75 Å². The zero-order valence-corrected chi connectivity index (χ0v) is 11.0. The number of ether oxygens (including phenoxy) is 1. The van der Waals surface area contributed by atoms with Crippen molar-refractivity contribution in [2.45, 2.75) is 13.0 Å². The summed E-state index contributed by atoms with van der Waals surface area (Å²) >= 11 is 0. The lowest BCUT2D eigenvalue weighted by molar-refractivity contribution is -0.139. The van der Waals surface area contributed by atoms with Crippen molar-refractivity contribution >= 4 is 5.91 Å². The van der Waals surface area contributed by atoms with Crippen molar-refractivity contribution in [3.05, 3.63) is 30.3 Å². The highest BCUT2D eigenvalue weighted by atomic mass is 16.5. The summed E-state index contributed by atoms with van der Waals surface area (Å²) in [5.74, 6) is 0.819. The highest BCUT2D eigenvalue weighted by molar-refractivity contribution is 5.81. The fourth-order valence-electron chi connectivity index (χ4n) is 2.04. The molecule has 0 radical (unpaired) electrons. The first-order valence-corrected chi connectivity index (χ1v) is 6.36. The number of piperazine rings is 1. The number of amides is 1. The van der Waals surface area contributed by atoms with Crippen LogP contribution in [-0.4, -0.2) is 55.0 Å². The van der Waals surface area contributed by atoms with Crippen LogP contribution in [0, 0.1) is 0 Å². The molecule has 0 saturated carbocycles. The minimum atomic E-state index is -0.421. The van der Waals surface area contributed by atoms with E-state index >= 15 is 0 Å². The number of hydrogen-bond acceptors (Lipinski definition) is 3. The summed E-state index contributed by atoms with van der Waals surface area (Å²) < 4.78 is 5.65. The highest BCUT2D eigenvalue weighted by Gasteiger charge is 2.24. The molecule has 1 heterocycles. The van der Waals surface area contributed by atoms with Crippen LogP contribution in [0.5, 0.6) is 5.75 Å². The number of hydrogen-bond donors (Lipinski definition) is 0. The average Bonchev–Trinajstić information content (AvgIpc) is 2.40. The maximum Gasteiger partial charge on any atom is 0.263 e. The van der Waals surface area contributed by atoms with Gasteiger partial charge in [-0.15, -0.1) is 0 Å². The number of likely N-dealkylation sites (N-methyl/N-ethyl adjacent to an activating group) is 1. The molecule has 4 heteroatoms. The van der Waals surface area contributed by atoms with Gasteiger partial charge in [-0.2, -0.15) is 0 Å². The van der Waals surface area contributed by atoms with Gasteiger partial charge in [-0.05, 0) is 26.1 Å². The first-order valence-electron chi connectivity index (χ1n) is 6.36. The fraction of sp³-hybridized carbons (Fsp3) is 0.500. The van der Waals surface area contributed by atoms with Gasteiger partial charge in [0.25, 0.3) is 5.91 Å². The van der Waals surface area contributed by atoms with Crippen molar-refractivity contribution in [3.63, 3.8) is 0 Å². The molecule has 1 aromatic carbocycles. The van der Waals surface area contributed by atoms with Crippen LogP contribution in [0.2, 0.25) is 0 Å². The van der Waals surface area contributed by atoms with Crippen molar-refractivity contribution in [1.29, 1.82) is 0 Å². The van der Waals surface area contributed by atoms with Gasteiger partial charge in [-0.1, -0.05) is 18.2 Å². The predicted molar refractivity (Wildman–Crippen MR) is 70.6 cm³/mol. The predicted octanol–water partition coefficient (Wildman–Crippen LogP) is 1.23. The summed E-state index contributed by atoms with van der Waals surface area (Å²) in [5, 5.41) is 0. The van der Waals surface area contributed by atoms with E-state index < -0.39 is 6.10 Å². The molecule has 1 fully saturated rings. The molecule has 0 aromatic heterocycles. The van der Waals surface area contributed by atoms with E-state index in [1.54, 1.807) is 0 Å². The van der Waals surface area contributed by atoms with Crippen LogP contribution >= 0.6 is 0 Å². The zero-order valence-electron chi connectivity index (χ0n) is 11.0. The molecule has 4 nitrogen and oxygen atoms in total. The first kappa shape index (κ1) is 12.9. The van der Waals surface area contributed by atoms with Crippen LogP contribution in [0.3, 0.4) is 0 Å². The minimum absolute atomic E-state index is 0.0759. The monoisotopic (exact) mass is 248 g/mol. The van der Waals surface area contributed by atoms with E-state index in [9.17, 15) is 4.79 Å². The topological polar surface area (TPSA) is 32.8 Å². The van der Waals surface area contributed by atoms with Gasteiger partial charge in [-0.3, -0.25) is 4.79 Å². The summed E-state index contributed by atoms with van der Waals surface area (Å²) in [6.45, 7) is 5.26. The number of para-hydroxylation sites is 1. The Morgan fingerprint density at radius 3 is 2.39 bits per heavy atom. The van der Waals surface area contributed by atoms with Crippen molar-refractivity contribution < 1.29 is 9.53 Å². The first-order chi connectivity index (χ1) is 8.66. The highest BCUT2D eigenvalue weighted by Crippen LogP contribution is 2.12. The van der Waals surface area contributed by atoms with E-state index in [0.717, 1.165) is 31.9 Å². The summed E-state index contributed by atoms with van der Waals surface area (Å²) in [5.41, 5.74) is 0. The van der Waals surface area contributed by atoms with E-state index in [2.05, 4.69) is 11.9 Å². The summed E-state index contributed by atoms with van der Waals surface area (Å²) in [4.78, 5) is 16.3. The maximum atomic E-state index is 12.2. The van der Waals surface area contributed by atoms with Gasteiger partial charge in [0.05, 0.1) is 0 Å². The Morgan fingerprint density at radius 2 is 1.78 bits per heavy atom. The largest absolute Gasteiger partial charge is 0.481 e. The van der Waals surface area contributed by atoms with Crippen LogP contribution in [0.4, 0.5) is 0 Å². The molecule has 1 aromatic rings. The Labute approximate surface area is 108 Å². The minimum Gasteiger partial charge on any atom is -0.481 e. The van der Waals surface area contributed by atoms with Crippen molar-refractivity contribution in [1.82, 2.24) is 9.80 Å². The molecule has 98 valence electrons. The van der Waals surface area contributed by atoms with Gasteiger partial charge in [0.15, 0.2) is 6.10 Å². The second kappa shape index (κ2) is 5.87. The molecule has 18 heavy (non-hydrogen) atoms. The summed E-state index contributed by atoms with van der Waals surface area (Å²) in [7, 11) is 2.08. The number of carbonyl (C=O) groups is 1. The maximum absolute atomic E-state index is 12.2. The average molecular weight is 248 g/mol. The lowest BCUT2D eigenvalue weighted by Crippen LogP contribution is -2.50. The van der Waals surface area contributed by atoms with E-state index in [1.807, 2.05) is 42.2 Å². The molecule has 0 spiro atoms. The molecule has 1 amide bonds. The second-order valence-corrected chi connectivity index (χ2v) is 4.70. The van der Waals surface area contributed by atoms with Crippen molar-refractivity contribution in [3.8, 4) is 5.75 Å². The lowest BCUT2D eigenvalue weighted by atomic mass is 10.2. The van der Waals surface area contributed by atoms with Gasteiger partial charge in [-0.25, -0.2) is 0 Å². The number of nitrogens with zero attached hydrogens (tertiary/aromatic N) is 2. The van der Waals surface area contributed by atoms with Crippen LogP contribution in [0.15, 0.2) is 30.3 Å². The molecule has 0 N–H and O–H groups in total. The number of benzene rings is 1. The number of carbonyl (C=O) groups excluding carboxylic acids is 1. The molecule has 0 unspecified atom stereocenters. The third-order valence-electron chi connectivity index (χ3n) is 3.22. The van der Waals surface area contributed by atoms with E-state index in [-0.39, 0.29) is 5.91 Å². The van der Waals surface area contributed by atoms with Crippen LogP contribution in [0.25, 0.3) is 0 Å².